The molecule has 0 saturated carbocycles. The summed E-state index contributed by atoms with van der Waals surface area (Å²) in [5.41, 5.74) is 0.957. The molecule has 0 saturated heterocycles. The minimum Gasteiger partial charge on any atom is -0.496 e. The lowest BCUT2D eigenvalue weighted by Gasteiger charge is -2.34. The Morgan fingerprint density at radius 2 is 2.00 bits per heavy atom. The Balaban J connectivity index is 1.48. The number of alkyl halides is 3. The van der Waals surface area contributed by atoms with Gasteiger partial charge in [-0.1, -0.05) is 18.2 Å². The summed E-state index contributed by atoms with van der Waals surface area (Å²) in [6.45, 7) is 0.0801. The van der Waals surface area contributed by atoms with Crippen LogP contribution >= 0.6 is 0 Å². The van der Waals surface area contributed by atoms with E-state index < -0.39 is 24.2 Å². The van der Waals surface area contributed by atoms with Crippen LogP contribution in [0.25, 0.3) is 0 Å². The number of benzene rings is 2. The van der Waals surface area contributed by atoms with Crippen molar-refractivity contribution >= 4 is 17.4 Å². The number of carbonyl (C=O) groups excluding carboxylic acids is 1. The van der Waals surface area contributed by atoms with Crippen molar-refractivity contribution in [1.29, 1.82) is 0 Å². The fraction of sp³-hybridized carbons (Fsp3) is 0.273. The highest BCUT2D eigenvalue weighted by Crippen LogP contribution is 2.46. The minimum atomic E-state index is -4.56. The van der Waals surface area contributed by atoms with Gasteiger partial charge in [-0.05, 0) is 18.2 Å². The van der Waals surface area contributed by atoms with Gasteiger partial charge < -0.3 is 24.8 Å². The second kappa shape index (κ2) is 7.91. The number of nitrogens with one attached hydrogen (secondary N) is 2. The summed E-state index contributed by atoms with van der Waals surface area (Å²) >= 11 is 0. The maximum atomic E-state index is 13.9. The number of fused-ring (bicyclic) bond motifs is 2. The normalized spacial score (nSPS) is 18.9. The third-order valence-corrected chi connectivity index (χ3v) is 5.63. The van der Waals surface area contributed by atoms with Crippen molar-refractivity contribution in [2.45, 2.75) is 24.7 Å². The molecule has 2 N–H and O–H groups in total. The van der Waals surface area contributed by atoms with Gasteiger partial charge in [0.25, 0.3) is 5.91 Å². The predicted molar refractivity (Wildman–Crippen MR) is 112 cm³/mol. The summed E-state index contributed by atoms with van der Waals surface area (Å²) in [5.74, 6) is 0.846. The molecular formula is C22H19F3N4O4. The number of rotatable bonds is 4. The zero-order chi connectivity index (χ0) is 23.2. The van der Waals surface area contributed by atoms with Crippen LogP contribution in [0.3, 0.4) is 0 Å². The molecule has 2 aromatic carbocycles. The number of halogens is 3. The number of hydrogen-bond acceptors (Lipinski definition) is 6. The monoisotopic (exact) mass is 460 g/mol. The van der Waals surface area contributed by atoms with Crippen LogP contribution in [0.2, 0.25) is 0 Å². The first-order chi connectivity index (χ1) is 15.8. The van der Waals surface area contributed by atoms with Crippen molar-refractivity contribution < 1.29 is 32.2 Å². The van der Waals surface area contributed by atoms with Crippen molar-refractivity contribution in [3.63, 3.8) is 0 Å². The summed E-state index contributed by atoms with van der Waals surface area (Å²) in [7, 11) is 1.46. The van der Waals surface area contributed by atoms with E-state index in [1.807, 2.05) is 0 Å². The van der Waals surface area contributed by atoms with Crippen LogP contribution in [0, 0.1) is 0 Å². The van der Waals surface area contributed by atoms with Crippen LogP contribution in [-0.2, 0) is 0 Å². The molecule has 0 radical (unpaired) electrons. The second-order valence-electron chi connectivity index (χ2n) is 7.61. The van der Waals surface area contributed by atoms with Crippen LogP contribution in [0.15, 0.2) is 48.7 Å². The number of ether oxygens (including phenoxy) is 3. The number of anilines is 2. The molecule has 0 aliphatic carbocycles. The molecule has 172 valence electrons. The molecule has 0 spiro atoms. The van der Waals surface area contributed by atoms with E-state index in [4.69, 9.17) is 14.2 Å². The molecule has 0 bridgehead atoms. The van der Waals surface area contributed by atoms with Gasteiger partial charge in [0.15, 0.2) is 17.5 Å². The molecule has 1 amide bonds. The first-order valence-electron chi connectivity index (χ1n) is 10.1. The molecule has 33 heavy (non-hydrogen) atoms. The molecule has 1 aromatic heterocycles. The lowest BCUT2D eigenvalue weighted by atomic mass is 9.95. The molecular weight excluding hydrogens is 441 g/mol. The maximum Gasteiger partial charge on any atom is 0.410 e. The third kappa shape index (κ3) is 3.79. The van der Waals surface area contributed by atoms with Gasteiger partial charge in [0.2, 0.25) is 6.79 Å². The predicted octanol–water partition coefficient (Wildman–Crippen LogP) is 4.53. The molecule has 2 atom stereocenters. The highest BCUT2D eigenvalue weighted by molar-refractivity contribution is 6.07. The highest BCUT2D eigenvalue weighted by atomic mass is 19.4. The smallest absolute Gasteiger partial charge is 0.410 e. The molecule has 11 heteroatoms. The van der Waals surface area contributed by atoms with Gasteiger partial charge >= 0.3 is 6.18 Å². The minimum absolute atomic E-state index is 0.0125. The Bertz CT molecular complexity index is 1210. The lowest BCUT2D eigenvalue weighted by Crippen LogP contribution is -2.36. The van der Waals surface area contributed by atoms with E-state index in [2.05, 4.69) is 15.7 Å². The fourth-order valence-corrected chi connectivity index (χ4v) is 4.06. The van der Waals surface area contributed by atoms with Crippen molar-refractivity contribution in [3.05, 3.63) is 59.8 Å². The molecule has 5 rings (SSSR count). The van der Waals surface area contributed by atoms with E-state index >= 15 is 0 Å². The molecule has 3 heterocycles. The summed E-state index contributed by atoms with van der Waals surface area (Å²) in [5, 5.41) is 9.64. The Hall–Kier alpha value is -3.89. The first-order valence-corrected chi connectivity index (χ1v) is 10.1. The standard InChI is InChI=1S/C22H19F3N4O4/c1-31-16-5-3-2-4-13(16)15-9-19(22(23,24)25)29-20(28-15)14(10-26-29)21(30)27-12-6-7-17-18(8-12)33-11-32-17/h2-8,10,15,19,28H,9,11H2,1H3,(H,27,30). The van der Waals surface area contributed by atoms with Crippen molar-refractivity contribution in [2.75, 3.05) is 24.5 Å². The molecule has 3 aromatic rings. The van der Waals surface area contributed by atoms with Crippen molar-refractivity contribution in [1.82, 2.24) is 9.78 Å². The largest absolute Gasteiger partial charge is 0.496 e. The molecule has 2 unspecified atom stereocenters. The molecule has 2 aliphatic heterocycles. The van der Waals surface area contributed by atoms with Gasteiger partial charge in [0.05, 0.1) is 19.3 Å². The zero-order valence-electron chi connectivity index (χ0n) is 17.3. The van der Waals surface area contributed by atoms with Crippen LogP contribution in [0.4, 0.5) is 24.7 Å². The van der Waals surface area contributed by atoms with Gasteiger partial charge in [-0.3, -0.25) is 4.79 Å². The van der Waals surface area contributed by atoms with E-state index in [0.29, 0.717) is 28.5 Å². The molecule has 8 nitrogen and oxygen atoms in total. The fourth-order valence-electron chi connectivity index (χ4n) is 4.06. The summed E-state index contributed by atoms with van der Waals surface area (Å²) in [6, 6.07) is 9.03. The Morgan fingerprint density at radius 1 is 1.21 bits per heavy atom. The van der Waals surface area contributed by atoms with E-state index in [9.17, 15) is 18.0 Å². The summed E-state index contributed by atoms with van der Waals surface area (Å²) < 4.78 is 58.5. The van der Waals surface area contributed by atoms with E-state index in [1.165, 1.54) is 7.11 Å². The Morgan fingerprint density at radius 3 is 2.79 bits per heavy atom. The Kier molecular flexibility index (Phi) is 5.03. The van der Waals surface area contributed by atoms with Gasteiger partial charge in [-0.25, -0.2) is 4.68 Å². The van der Waals surface area contributed by atoms with E-state index in [0.717, 1.165) is 10.9 Å². The number of aromatic nitrogens is 2. The quantitative estimate of drug-likeness (QED) is 0.595. The van der Waals surface area contributed by atoms with Gasteiger partial charge in [0.1, 0.15) is 17.1 Å². The average Bonchev–Trinajstić information content (AvgIpc) is 3.44. The number of hydrogen-bond donors (Lipinski definition) is 2. The average molecular weight is 460 g/mol. The van der Waals surface area contributed by atoms with Gasteiger partial charge in [-0.2, -0.15) is 18.3 Å². The maximum absolute atomic E-state index is 13.9. The number of para-hydroxylation sites is 1. The zero-order valence-corrected chi connectivity index (χ0v) is 17.3. The van der Waals surface area contributed by atoms with E-state index in [-0.39, 0.29) is 24.6 Å². The highest BCUT2D eigenvalue weighted by Gasteiger charge is 2.47. The van der Waals surface area contributed by atoms with Crippen molar-refractivity contribution in [3.8, 4) is 17.2 Å². The Labute approximate surface area is 186 Å². The lowest BCUT2D eigenvalue weighted by molar-refractivity contribution is -0.173. The number of amides is 1. The second-order valence-corrected chi connectivity index (χ2v) is 7.61. The summed E-state index contributed by atoms with van der Waals surface area (Å²) in [6.07, 6.45) is -3.73. The van der Waals surface area contributed by atoms with Crippen LogP contribution in [-0.4, -0.2) is 35.8 Å². The van der Waals surface area contributed by atoms with E-state index in [1.54, 1.807) is 42.5 Å². The van der Waals surface area contributed by atoms with Crippen LogP contribution in [0.1, 0.15) is 34.4 Å². The number of nitrogens with zero attached hydrogens (tertiary/aromatic N) is 2. The van der Waals surface area contributed by atoms with Crippen LogP contribution in [0.5, 0.6) is 17.2 Å². The molecule has 2 aliphatic rings. The van der Waals surface area contributed by atoms with Crippen LogP contribution < -0.4 is 24.8 Å². The SMILES string of the molecule is COc1ccccc1C1CC(C(F)(F)F)n2ncc(C(=O)Nc3ccc4c(c3)OCO4)c2N1. The number of carbonyl (C=O) groups is 1. The van der Waals surface area contributed by atoms with Gasteiger partial charge in [-0.15, -0.1) is 0 Å². The van der Waals surface area contributed by atoms with Crippen molar-refractivity contribution in [2.24, 2.45) is 0 Å². The first kappa shape index (κ1) is 21.0. The molecule has 0 fully saturated rings. The summed E-state index contributed by atoms with van der Waals surface area (Å²) in [4.78, 5) is 13.0. The third-order valence-electron chi connectivity index (χ3n) is 5.63. The topological polar surface area (TPSA) is 86.6 Å². The van der Waals surface area contributed by atoms with Gasteiger partial charge in [0, 0.05) is 23.7 Å². The number of methoxy groups -OCH3 is 1.